The number of aryl methyl sites for hydroxylation is 1. The second-order valence-electron chi connectivity index (χ2n) is 8.02. The molecule has 2 aromatic carbocycles. The minimum absolute atomic E-state index is 0.0390. The molecular weight excluding hydrogens is 411 g/mol. The van der Waals surface area contributed by atoms with E-state index >= 15 is 0 Å². The highest BCUT2D eigenvalue weighted by Crippen LogP contribution is 2.41. The Balaban J connectivity index is 1.41. The highest BCUT2D eigenvalue weighted by atomic mass is 32.2. The highest BCUT2D eigenvalue weighted by Gasteiger charge is 2.32. The van der Waals surface area contributed by atoms with Gasteiger partial charge in [0.1, 0.15) is 22.9 Å². The zero-order chi connectivity index (χ0) is 21.5. The molecule has 0 spiro atoms. The molecule has 2 heterocycles. The van der Waals surface area contributed by atoms with E-state index in [9.17, 15) is 17.6 Å². The molecule has 0 saturated carbocycles. The van der Waals surface area contributed by atoms with Crippen LogP contribution in [0.2, 0.25) is 0 Å². The van der Waals surface area contributed by atoms with Gasteiger partial charge in [0, 0.05) is 30.6 Å². The molecule has 4 rings (SSSR count). The van der Waals surface area contributed by atoms with Crippen molar-refractivity contribution in [2.24, 2.45) is 0 Å². The van der Waals surface area contributed by atoms with E-state index in [0.29, 0.717) is 29.2 Å². The molecule has 2 N–H and O–H groups in total. The van der Waals surface area contributed by atoms with Crippen LogP contribution >= 0.6 is 0 Å². The first-order valence-corrected chi connectivity index (χ1v) is 11.2. The average Bonchev–Trinajstić information content (AvgIpc) is 2.99. The molecule has 2 aliphatic rings. The third-order valence-corrected chi connectivity index (χ3v) is 6.53. The van der Waals surface area contributed by atoms with E-state index < -0.39 is 20.7 Å². The first-order chi connectivity index (χ1) is 14.1. The Morgan fingerprint density at radius 1 is 1.23 bits per heavy atom. The summed E-state index contributed by atoms with van der Waals surface area (Å²) < 4.78 is 53.5. The maximum absolute atomic E-state index is 14.4. The molecule has 30 heavy (non-hydrogen) atoms. The van der Waals surface area contributed by atoms with E-state index in [2.05, 4.69) is 10.0 Å². The summed E-state index contributed by atoms with van der Waals surface area (Å²) in [6.45, 7) is 4.00. The van der Waals surface area contributed by atoms with Crippen molar-refractivity contribution in [2.45, 2.75) is 43.6 Å². The van der Waals surface area contributed by atoms with Crippen LogP contribution in [0, 0.1) is 5.82 Å². The molecule has 0 aliphatic carbocycles. The molecule has 0 saturated heterocycles. The maximum atomic E-state index is 14.4. The SMILES string of the molecule is CC1(C)Cc2cccc(OCCNS(=O)(=O)c3cc4c(cc3F)NC(=O)CC4)c2O1. The Morgan fingerprint density at radius 3 is 2.83 bits per heavy atom. The predicted octanol–water partition coefficient (Wildman–Crippen LogP) is 2.78. The Kier molecular flexibility index (Phi) is 5.19. The lowest BCUT2D eigenvalue weighted by atomic mass is 10.0. The number of hydrogen-bond acceptors (Lipinski definition) is 5. The summed E-state index contributed by atoms with van der Waals surface area (Å²) in [4.78, 5) is 11.0. The Morgan fingerprint density at radius 2 is 2.03 bits per heavy atom. The molecule has 7 nitrogen and oxygen atoms in total. The summed E-state index contributed by atoms with van der Waals surface area (Å²) in [5, 5.41) is 2.55. The topological polar surface area (TPSA) is 93.7 Å². The molecule has 160 valence electrons. The number of carbonyl (C=O) groups excluding carboxylic acids is 1. The van der Waals surface area contributed by atoms with Gasteiger partial charge in [-0.15, -0.1) is 0 Å². The maximum Gasteiger partial charge on any atom is 0.243 e. The van der Waals surface area contributed by atoms with E-state index in [4.69, 9.17) is 9.47 Å². The molecule has 9 heteroatoms. The van der Waals surface area contributed by atoms with Crippen LogP contribution in [0.3, 0.4) is 0 Å². The van der Waals surface area contributed by atoms with Gasteiger partial charge in [-0.1, -0.05) is 12.1 Å². The smallest absolute Gasteiger partial charge is 0.243 e. The van der Waals surface area contributed by atoms with Crippen LogP contribution in [0.5, 0.6) is 11.5 Å². The van der Waals surface area contributed by atoms with Crippen molar-refractivity contribution in [3.63, 3.8) is 0 Å². The van der Waals surface area contributed by atoms with Gasteiger partial charge in [-0.05, 0) is 44.0 Å². The van der Waals surface area contributed by atoms with Crippen LogP contribution in [0.1, 0.15) is 31.4 Å². The first kappa shape index (κ1) is 20.6. The molecule has 0 radical (unpaired) electrons. The number of sulfonamides is 1. The third-order valence-electron chi connectivity index (χ3n) is 5.05. The van der Waals surface area contributed by atoms with Crippen molar-refractivity contribution in [1.82, 2.24) is 4.72 Å². The Labute approximate surface area is 174 Å². The van der Waals surface area contributed by atoms with Gasteiger partial charge < -0.3 is 14.8 Å². The predicted molar refractivity (Wildman–Crippen MR) is 109 cm³/mol. The Bertz CT molecular complexity index is 1110. The standard InChI is InChI=1S/C21H23FN2O5S/c1-21(2)12-14-4-3-5-17(20(14)29-21)28-9-8-23-30(26,27)18-10-13-6-7-19(25)24-16(13)11-15(18)22/h3-5,10-11,23H,6-9,12H2,1-2H3,(H,24,25). The van der Waals surface area contributed by atoms with Crippen LogP contribution < -0.4 is 19.5 Å². The van der Waals surface area contributed by atoms with E-state index in [-0.39, 0.29) is 31.1 Å². The van der Waals surface area contributed by atoms with Gasteiger partial charge in [-0.3, -0.25) is 4.79 Å². The van der Waals surface area contributed by atoms with E-state index in [0.717, 1.165) is 18.1 Å². The van der Waals surface area contributed by atoms with Crippen molar-refractivity contribution < 1.29 is 27.1 Å². The number of fused-ring (bicyclic) bond motifs is 2. The molecule has 0 atom stereocenters. The number of nitrogens with one attached hydrogen (secondary N) is 2. The number of rotatable bonds is 6. The van der Waals surface area contributed by atoms with Crippen molar-refractivity contribution in [1.29, 1.82) is 0 Å². The second-order valence-corrected chi connectivity index (χ2v) is 9.75. The minimum Gasteiger partial charge on any atom is -0.488 e. The zero-order valence-corrected chi connectivity index (χ0v) is 17.6. The minimum atomic E-state index is -4.07. The molecule has 1 amide bonds. The normalized spacial score (nSPS) is 17.0. The number of para-hydroxylation sites is 1. The first-order valence-electron chi connectivity index (χ1n) is 9.70. The molecule has 0 bridgehead atoms. The molecule has 0 fully saturated rings. The van der Waals surface area contributed by atoms with Crippen molar-refractivity contribution in [3.05, 3.63) is 47.3 Å². The molecule has 2 aromatic rings. The summed E-state index contributed by atoms with van der Waals surface area (Å²) in [5.41, 5.74) is 1.63. The summed E-state index contributed by atoms with van der Waals surface area (Å²) in [6, 6.07) is 7.93. The van der Waals surface area contributed by atoms with Crippen LogP contribution in [0.15, 0.2) is 35.2 Å². The number of anilines is 1. The van der Waals surface area contributed by atoms with E-state index in [1.807, 2.05) is 26.0 Å². The lowest BCUT2D eigenvalue weighted by Crippen LogP contribution is -2.29. The zero-order valence-electron chi connectivity index (χ0n) is 16.7. The number of benzene rings is 2. The van der Waals surface area contributed by atoms with Gasteiger partial charge in [0.05, 0.1) is 0 Å². The van der Waals surface area contributed by atoms with Gasteiger partial charge in [-0.2, -0.15) is 0 Å². The lowest BCUT2D eigenvalue weighted by molar-refractivity contribution is -0.116. The summed E-state index contributed by atoms with van der Waals surface area (Å²) in [7, 11) is -4.07. The van der Waals surface area contributed by atoms with Crippen LogP contribution in [0.4, 0.5) is 10.1 Å². The van der Waals surface area contributed by atoms with Crippen LogP contribution in [0.25, 0.3) is 0 Å². The Hall–Kier alpha value is -2.65. The number of hydrogen-bond donors (Lipinski definition) is 2. The fourth-order valence-corrected chi connectivity index (χ4v) is 4.82. The van der Waals surface area contributed by atoms with Crippen LogP contribution in [-0.2, 0) is 27.7 Å². The van der Waals surface area contributed by atoms with Crippen molar-refractivity contribution in [3.8, 4) is 11.5 Å². The van der Waals surface area contributed by atoms with Gasteiger partial charge >= 0.3 is 0 Å². The fraction of sp³-hybridized carbons (Fsp3) is 0.381. The lowest BCUT2D eigenvalue weighted by Gasteiger charge is -2.19. The van der Waals surface area contributed by atoms with E-state index in [1.165, 1.54) is 6.07 Å². The number of halogens is 1. The number of ether oxygens (including phenoxy) is 2. The summed E-state index contributed by atoms with van der Waals surface area (Å²) >= 11 is 0. The average molecular weight is 434 g/mol. The number of carbonyl (C=O) groups is 1. The number of amides is 1. The van der Waals surface area contributed by atoms with Gasteiger partial charge in [-0.25, -0.2) is 17.5 Å². The summed E-state index contributed by atoms with van der Waals surface area (Å²) in [6.07, 6.45) is 1.37. The quantitative estimate of drug-likeness (QED) is 0.682. The van der Waals surface area contributed by atoms with Crippen molar-refractivity contribution >= 4 is 21.6 Å². The van der Waals surface area contributed by atoms with Crippen molar-refractivity contribution in [2.75, 3.05) is 18.5 Å². The largest absolute Gasteiger partial charge is 0.488 e. The monoisotopic (exact) mass is 434 g/mol. The second kappa shape index (κ2) is 7.55. The van der Waals surface area contributed by atoms with Gasteiger partial charge in [0.25, 0.3) is 0 Å². The molecule has 2 aliphatic heterocycles. The van der Waals surface area contributed by atoms with Gasteiger partial charge in [0.2, 0.25) is 15.9 Å². The summed E-state index contributed by atoms with van der Waals surface area (Å²) in [5.74, 6) is 0.0922. The molecule has 0 unspecified atom stereocenters. The molecular formula is C21H23FN2O5S. The highest BCUT2D eigenvalue weighted by molar-refractivity contribution is 7.89. The van der Waals surface area contributed by atoms with E-state index in [1.54, 1.807) is 6.07 Å². The third kappa shape index (κ3) is 4.13. The van der Waals surface area contributed by atoms with Gasteiger partial charge in [0.15, 0.2) is 11.5 Å². The molecule has 0 aromatic heterocycles. The fourth-order valence-electron chi connectivity index (χ4n) is 3.70. The van der Waals surface area contributed by atoms with Crippen LogP contribution in [-0.4, -0.2) is 33.1 Å².